The molecule has 1 N–H and O–H groups in total. The van der Waals surface area contributed by atoms with Crippen LogP contribution in [-0.4, -0.2) is 17.2 Å². The van der Waals surface area contributed by atoms with E-state index in [4.69, 9.17) is 4.74 Å². The molecule has 2 rings (SSSR count). The van der Waals surface area contributed by atoms with Crippen LogP contribution in [0, 0.1) is 6.92 Å². The van der Waals surface area contributed by atoms with Gasteiger partial charge < -0.3 is 9.84 Å². The fraction of sp³-hybridized carbons (Fsp3) is 0.316. The number of hydrogen-bond donors (Lipinski definition) is 1. The number of para-hydroxylation sites is 1. The SMILES string of the molecule is Cc1ccc(C[C@@H](Oc2ccccc2C(C)C)C(=O)O)cc1. The number of ether oxygens (including phenoxy) is 1. The van der Waals surface area contributed by atoms with E-state index in [0.717, 1.165) is 16.7 Å². The van der Waals surface area contributed by atoms with E-state index in [1.54, 1.807) is 0 Å². The molecule has 2 aromatic rings. The van der Waals surface area contributed by atoms with Gasteiger partial charge in [0.25, 0.3) is 0 Å². The lowest BCUT2D eigenvalue weighted by Crippen LogP contribution is -2.29. The summed E-state index contributed by atoms with van der Waals surface area (Å²) in [5, 5.41) is 9.45. The highest BCUT2D eigenvalue weighted by Crippen LogP contribution is 2.27. The lowest BCUT2D eigenvalue weighted by molar-refractivity contribution is -0.145. The molecule has 0 fully saturated rings. The van der Waals surface area contributed by atoms with Crippen molar-refractivity contribution in [3.63, 3.8) is 0 Å². The van der Waals surface area contributed by atoms with Gasteiger partial charge in [-0.25, -0.2) is 4.79 Å². The monoisotopic (exact) mass is 298 g/mol. The first kappa shape index (κ1) is 16.1. The Morgan fingerprint density at radius 2 is 1.73 bits per heavy atom. The maximum atomic E-state index is 11.5. The van der Waals surface area contributed by atoms with E-state index in [2.05, 4.69) is 13.8 Å². The summed E-state index contributed by atoms with van der Waals surface area (Å²) < 4.78 is 5.80. The van der Waals surface area contributed by atoms with Crippen LogP contribution < -0.4 is 4.74 Å². The van der Waals surface area contributed by atoms with Gasteiger partial charge in [0.2, 0.25) is 0 Å². The number of rotatable bonds is 6. The number of carboxylic acid groups (broad SMARTS) is 1. The molecule has 0 spiro atoms. The van der Waals surface area contributed by atoms with E-state index in [1.807, 2.05) is 55.5 Å². The summed E-state index contributed by atoms with van der Waals surface area (Å²) >= 11 is 0. The van der Waals surface area contributed by atoms with E-state index >= 15 is 0 Å². The highest BCUT2D eigenvalue weighted by molar-refractivity contribution is 5.73. The molecule has 0 aliphatic rings. The molecule has 3 nitrogen and oxygen atoms in total. The molecule has 1 atom stereocenters. The van der Waals surface area contributed by atoms with E-state index in [1.165, 1.54) is 0 Å². The third-order valence-electron chi connectivity index (χ3n) is 3.63. The number of carboxylic acids is 1. The molecule has 116 valence electrons. The second kappa shape index (κ2) is 7.12. The van der Waals surface area contributed by atoms with Gasteiger partial charge in [0, 0.05) is 6.42 Å². The zero-order valence-electron chi connectivity index (χ0n) is 13.2. The van der Waals surface area contributed by atoms with Crippen LogP contribution in [0.3, 0.4) is 0 Å². The van der Waals surface area contributed by atoms with Crippen molar-refractivity contribution >= 4 is 5.97 Å². The topological polar surface area (TPSA) is 46.5 Å². The molecule has 0 heterocycles. The lowest BCUT2D eigenvalue weighted by atomic mass is 10.0. The standard InChI is InChI=1S/C19H22O3/c1-13(2)16-6-4-5-7-17(16)22-18(19(20)21)12-15-10-8-14(3)9-11-15/h4-11,13,18H,12H2,1-3H3,(H,20,21)/t18-/m1/s1. The van der Waals surface area contributed by atoms with E-state index in [0.29, 0.717) is 12.2 Å². The second-order valence-electron chi connectivity index (χ2n) is 5.83. The average molecular weight is 298 g/mol. The molecule has 2 aromatic carbocycles. The van der Waals surface area contributed by atoms with E-state index in [9.17, 15) is 9.90 Å². The van der Waals surface area contributed by atoms with Crippen molar-refractivity contribution in [2.75, 3.05) is 0 Å². The largest absolute Gasteiger partial charge is 0.478 e. The smallest absolute Gasteiger partial charge is 0.345 e. The normalized spacial score (nSPS) is 12.2. The molecule has 0 saturated carbocycles. The van der Waals surface area contributed by atoms with Gasteiger partial charge in [0.05, 0.1) is 0 Å². The third kappa shape index (κ3) is 4.10. The minimum Gasteiger partial charge on any atom is -0.478 e. The summed E-state index contributed by atoms with van der Waals surface area (Å²) in [5.41, 5.74) is 3.14. The Balaban J connectivity index is 2.19. The first-order chi connectivity index (χ1) is 10.5. The minimum atomic E-state index is -0.945. The van der Waals surface area contributed by atoms with Crippen LogP contribution in [-0.2, 0) is 11.2 Å². The quantitative estimate of drug-likeness (QED) is 0.869. The van der Waals surface area contributed by atoms with Crippen LogP contribution in [0.4, 0.5) is 0 Å². The third-order valence-corrected chi connectivity index (χ3v) is 3.63. The average Bonchev–Trinajstić information content (AvgIpc) is 2.49. The molecule has 0 radical (unpaired) electrons. The van der Waals surface area contributed by atoms with Crippen molar-refractivity contribution in [1.82, 2.24) is 0 Å². The van der Waals surface area contributed by atoms with E-state index < -0.39 is 12.1 Å². The zero-order chi connectivity index (χ0) is 16.1. The molecular weight excluding hydrogens is 276 g/mol. The number of aliphatic carboxylic acids is 1. The first-order valence-corrected chi connectivity index (χ1v) is 7.51. The maximum absolute atomic E-state index is 11.5. The second-order valence-corrected chi connectivity index (χ2v) is 5.83. The highest BCUT2D eigenvalue weighted by Gasteiger charge is 2.21. The molecular formula is C19H22O3. The van der Waals surface area contributed by atoms with Gasteiger partial charge in [-0.15, -0.1) is 0 Å². The Morgan fingerprint density at radius 3 is 2.32 bits per heavy atom. The van der Waals surface area contributed by atoms with Crippen LogP contribution in [0.5, 0.6) is 5.75 Å². The van der Waals surface area contributed by atoms with Crippen molar-refractivity contribution in [2.45, 2.75) is 39.2 Å². The predicted molar refractivity (Wildman–Crippen MR) is 87.5 cm³/mol. The fourth-order valence-corrected chi connectivity index (χ4v) is 2.34. The van der Waals surface area contributed by atoms with Gasteiger partial charge in [-0.05, 0) is 30.0 Å². The van der Waals surface area contributed by atoms with Crippen LogP contribution in [0.15, 0.2) is 48.5 Å². The summed E-state index contributed by atoms with van der Waals surface area (Å²) in [7, 11) is 0. The fourth-order valence-electron chi connectivity index (χ4n) is 2.34. The summed E-state index contributed by atoms with van der Waals surface area (Å²) in [6, 6.07) is 15.5. The van der Waals surface area contributed by atoms with Gasteiger partial charge in [0.1, 0.15) is 5.75 Å². The van der Waals surface area contributed by atoms with Crippen molar-refractivity contribution in [3.05, 3.63) is 65.2 Å². The zero-order valence-corrected chi connectivity index (χ0v) is 13.2. The Kier molecular flexibility index (Phi) is 5.21. The number of benzene rings is 2. The van der Waals surface area contributed by atoms with Gasteiger partial charge in [-0.2, -0.15) is 0 Å². The molecule has 0 unspecified atom stereocenters. The molecule has 0 bridgehead atoms. The molecule has 3 heteroatoms. The maximum Gasteiger partial charge on any atom is 0.345 e. The molecule has 0 aliphatic carbocycles. The summed E-state index contributed by atoms with van der Waals surface area (Å²) in [6.45, 7) is 6.14. The highest BCUT2D eigenvalue weighted by atomic mass is 16.5. The number of aryl methyl sites for hydroxylation is 1. The van der Waals surface area contributed by atoms with Gasteiger partial charge in [-0.1, -0.05) is 61.9 Å². The van der Waals surface area contributed by atoms with Crippen LogP contribution in [0.25, 0.3) is 0 Å². The van der Waals surface area contributed by atoms with Crippen LogP contribution >= 0.6 is 0 Å². The molecule has 0 aliphatic heterocycles. The summed E-state index contributed by atoms with van der Waals surface area (Å²) in [4.78, 5) is 11.5. The van der Waals surface area contributed by atoms with Gasteiger partial charge in [-0.3, -0.25) is 0 Å². The molecule has 0 saturated heterocycles. The number of hydrogen-bond acceptors (Lipinski definition) is 2. The molecule has 22 heavy (non-hydrogen) atoms. The Labute approximate surface area is 131 Å². The lowest BCUT2D eigenvalue weighted by Gasteiger charge is -2.19. The van der Waals surface area contributed by atoms with Crippen molar-refractivity contribution in [1.29, 1.82) is 0 Å². The first-order valence-electron chi connectivity index (χ1n) is 7.51. The summed E-state index contributed by atoms with van der Waals surface area (Å²) in [6.07, 6.45) is -0.537. The molecule has 0 amide bonds. The van der Waals surface area contributed by atoms with Crippen molar-refractivity contribution in [3.8, 4) is 5.75 Å². The van der Waals surface area contributed by atoms with Crippen LogP contribution in [0.2, 0.25) is 0 Å². The van der Waals surface area contributed by atoms with Gasteiger partial charge in [0.15, 0.2) is 6.10 Å². The number of carbonyl (C=O) groups is 1. The van der Waals surface area contributed by atoms with Crippen LogP contribution in [0.1, 0.15) is 36.5 Å². The Bertz CT molecular complexity index is 629. The van der Waals surface area contributed by atoms with Crippen molar-refractivity contribution < 1.29 is 14.6 Å². The predicted octanol–water partition coefficient (Wildman–Crippen LogP) is 4.19. The van der Waals surface area contributed by atoms with E-state index in [-0.39, 0.29) is 5.92 Å². The summed E-state index contributed by atoms with van der Waals surface area (Å²) in [5.74, 6) is -0.0128. The Morgan fingerprint density at radius 1 is 1.09 bits per heavy atom. The Hall–Kier alpha value is -2.29. The molecule has 0 aromatic heterocycles. The minimum absolute atomic E-state index is 0.282. The van der Waals surface area contributed by atoms with Crippen molar-refractivity contribution in [2.24, 2.45) is 0 Å². The van der Waals surface area contributed by atoms with Gasteiger partial charge >= 0.3 is 5.97 Å².